The summed E-state index contributed by atoms with van der Waals surface area (Å²) < 4.78 is 27.3. The molecule has 1 aromatic carbocycles. The van der Waals surface area contributed by atoms with Crippen molar-refractivity contribution in [2.24, 2.45) is 0 Å². The Morgan fingerprint density at radius 3 is 2.35 bits per heavy atom. The molecule has 0 amide bonds. The molecule has 0 atom stereocenters. The van der Waals surface area contributed by atoms with E-state index in [1.807, 2.05) is 0 Å². The minimum atomic E-state index is -0.831. The molecule has 0 fully saturated rings. The zero-order valence-electron chi connectivity index (χ0n) is 9.20. The highest BCUT2D eigenvalue weighted by Crippen LogP contribution is 2.24. The lowest BCUT2D eigenvalue weighted by Crippen LogP contribution is -2.28. The zero-order chi connectivity index (χ0) is 12.8. The predicted octanol–water partition coefficient (Wildman–Crippen LogP) is 1.76. The van der Waals surface area contributed by atoms with Gasteiger partial charge in [0.2, 0.25) is 0 Å². The first kappa shape index (κ1) is 13.3. The van der Waals surface area contributed by atoms with Gasteiger partial charge in [0, 0.05) is 18.7 Å². The molecule has 1 N–H and O–H groups in total. The first-order valence-corrected chi connectivity index (χ1v) is 5.05. The van der Waals surface area contributed by atoms with Gasteiger partial charge in [0.1, 0.15) is 23.6 Å². The van der Waals surface area contributed by atoms with Crippen molar-refractivity contribution in [1.82, 2.24) is 0 Å². The highest BCUT2D eigenvalue weighted by Gasteiger charge is 2.16. The summed E-state index contributed by atoms with van der Waals surface area (Å²) in [5, 5.41) is 8.83. The molecule has 0 aliphatic carbocycles. The number of rotatable bonds is 6. The summed E-state index contributed by atoms with van der Waals surface area (Å²) in [6, 6.07) is 1.91. The van der Waals surface area contributed by atoms with E-state index >= 15 is 0 Å². The second kappa shape index (κ2) is 6.10. The molecule has 0 radical (unpaired) electrons. The van der Waals surface area contributed by atoms with Gasteiger partial charge in [-0.3, -0.25) is 4.79 Å². The van der Waals surface area contributed by atoms with Crippen LogP contribution in [-0.2, 0) is 0 Å². The summed E-state index contributed by atoms with van der Waals surface area (Å²) in [4.78, 5) is 11.8. The highest BCUT2D eigenvalue weighted by molar-refractivity contribution is 5.76. The predicted molar refractivity (Wildman–Crippen MR) is 61.2 cm³/mol. The Bertz CT molecular complexity index is 398. The van der Waals surface area contributed by atoms with E-state index in [0.29, 0.717) is 6.29 Å². The van der Waals surface area contributed by atoms with Gasteiger partial charge in [0.15, 0.2) is 0 Å². The smallest absolute Gasteiger partial charge is 0.150 e. The fraction of sp³-hybridized carbons (Fsp3) is 0.250. The lowest BCUT2D eigenvalue weighted by atomic mass is 10.2. The SMILES string of the molecule is C=CCN(CCO)c1c(F)cc(C=O)cc1F. The average Bonchev–Trinajstić information content (AvgIpc) is 2.28. The summed E-state index contributed by atoms with van der Waals surface area (Å²) in [6.45, 7) is 3.53. The van der Waals surface area contributed by atoms with Crippen molar-refractivity contribution in [2.45, 2.75) is 0 Å². The van der Waals surface area contributed by atoms with Crippen molar-refractivity contribution in [2.75, 3.05) is 24.6 Å². The van der Waals surface area contributed by atoms with Crippen molar-refractivity contribution in [3.8, 4) is 0 Å². The molecule has 0 saturated heterocycles. The van der Waals surface area contributed by atoms with E-state index in [1.165, 1.54) is 11.0 Å². The monoisotopic (exact) mass is 241 g/mol. The fourth-order valence-electron chi connectivity index (χ4n) is 1.53. The molecule has 0 aliphatic heterocycles. The second-order valence-electron chi connectivity index (χ2n) is 3.41. The molecule has 0 heterocycles. The number of benzene rings is 1. The fourth-order valence-corrected chi connectivity index (χ4v) is 1.53. The number of nitrogens with zero attached hydrogens (tertiary/aromatic N) is 1. The van der Waals surface area contributed by atoms with Crippen molar-refractivity contribution < 1.29 is 18.7 Å². The van der Waals surface area contributed by atoms with Gasteiger partial charge in [-0.1, -0.05) is 6.08 Å². The molecule has 1 aromatic rings. The van der Waals surface area contributed by atoms with Crippen LogP contribution in [0.15, 0.2) is 24.8 Å². The van der Waals surface area contributed by atoms with E-state index in [4.69, 9.17) is 5.11 Å². The van der Waals surface area contributed by atoms with Crippen LogP contribution in [-0.4, -0.2) is 31.1 Å². The summed E-state index contributed by atoms with van der Waals surface area (Å²) >= 11 is 0. The molecule has 0 bridgehead atoms. The molecule has 17 heavy (non-hydrogen) atoms. The van der Waals surface area contributed by atoms with Gasteiger partial charge in [-0.2, -0.15) is 0 Å². The molecule has 0 spiro atoms. The van der Waals surface area contributed by atoms with Crippen LogP contribution in [0.25, 0.3) is 0 Å². The summed E-state index contributed by atoms with van der Waals surface area (Å²) in [5.41, 5.74) is -0.323. The number of hydrogen-bond donors (Lipinski definition) is 1. The molecule has 5 heteroatoms. The maximum absolute atomic E-state index is 13.6. The number of aliphatic hydroxyl groups is 1. The number of hydrogen-bond acceptors (Lipinski definition) is 3. The molecule has 0 aliphatic rings. The van der Waals surface area contributed by atoms with Gasteiger partial charge in [-0.05, 0) is 12.1 Å². The van der Waals surface area contributed by atoms with Gasteiger partial charge in [-0.15, -0.1) is 6.58 Å². The van der Waals surface area contributed by atoms with Crippen LogP contribution in [0.5, 0.6) is 0 Å². The Hall–Kier alpha value is -1.75. The minimum Gasteiger partial charge on any atom is -0.395 e. The third-order valence-corrected chi connectivity index (χ3v) is 2.21. The molecular formula is C12H13F2NO2. The van der Waals surface area contributed by atoms with Crippen LogP contribution >= 0.6 is 0 Å². The van der Waals surface area contributed by atoms with Crippen molar-refractivity contribution in [3.63, 3.8) is 0 Å². The van der Waals surface area contributed by atoms with E-state index in [9.17, 15) is 13.6 Å². The average molecular weight is 241 g/mol. The Labute approximate surface area is 98.0 Å². The van der Waals surface area contributed by atoms with E-state index in [0.717, 1.165) is 12.1 Å². The number of anilines is 1. The molecule has 0 saturated carbocycles. The van der Waals surface area contributed by atoms with E-state index in [2.05, 4.69) is 6.58 Å². The van der Waals surface area contributed by atoms with Gasteiger partial charge in [-0.25, -0.2) is 8.78 Å². The quantitative estimate of drug-likeness (QED) is 0.609. The van der Waals surface area contributed by atoms with Gasteiger partial charge >= 0.3 is 0 Å². The van der Waals surface area contributed by atoms with Crippen molar-refractivity contribution in [3.05, 3.63) is 42.0 Å². The van der Waals surface area contributed by atoms with E-state index in [-0.39, 0.29) is 30.9 Å². The van der Waals surface area contributed by atoms with Crippen LogP contribution in [0, 0.1) is 11.6 Å². The number of carbonyl (C=O) groups excluding carboxylic acids is 1. The van der Waals surface area contributed by atoms with Crippen LogP contribution in [0.1, 0.15) is 10.4 Å². The molecule has 1 rings (SSSR count). The summed E-state index contributed by atoms with van der Waals surface area (Å²) in [5.74, 6) is -1.66. The number of aliphatic hydroxyl groups excluding tert-OH is 1. The number of halogens is 2. The normalized spacial score (nSPS) is 10.1. The number of aldehydes is 1. The molecular weight excluding hydrogens is 228 g/mol. The standard InChI is InChI=1S/C12H13F2NO2/c1-2-3-15(4-5-16)12-10(13)6-9(8-17)7-11(12)14/h2,6-8,16H,1,3-5H2. The van der Waals surface area contributed by atoms with Gasteiger partial charge in [0.05, 0.1) is 6.61 Å². The topological polar surface area (TPSA) is 40.5 Å². The lowest BCUT2D eigenvalue weighted by molar-refractivity contribution is 0.112. The second-order valence-corrected chi connectivity index (χ2v) is 3.41. The minimum absolute atomic E-state index is 0.0636. The van der Waals surface area contributed by atoms with Gasteiger partial charge in [0.25, 0.3) is 0 Å². The Morgan fingerprint density at radius 2 is 1.94 bits per heavy atom. The Balaban J connectivity index is 3.17. The maximum Gasteiger partial charge on any atom is 0.150 e. The van der Waals surface area contributed by atoms with Crippen molar-refractivity contribution >= 4 is 12.0 Å². The molecule has 0 aromatic heterocycles. The van der Waals surface area contributed by atoms with E-state index in [1.54, 1.807) is 0 Å². The summed E-state index contributed by atoms with van der Waals surface area (Å²) in [6.07, 6.45) is 1.85. The largest absolute Gasteiger partial charge is 0.395 e. The first-order chi connectivity index (χ1) is 8.13. The highest BCUT2D eigenvalue weighted by atomic mass is 19.1. The lowest BCUT2D eigenvalue weighted by Gasteiger charge is -2.23. The first-order valence-electron chi connectivity index (χ1n) is 5.05. The third kappa shape index (κ3) is 3.10. The summed E-state index contributed by atoms with van der Waals surface area (Å²) in [7, 11) is 0. The van der Waals surface area contributed by atoms with Crippen LogP contribution in [0.3, 0.4) is 0 Å². The van der Waals surface area contributed by atoms with Crippen molar-refractivity contribution in [1.29, 1.82) is 0 Å². The zero-order valence-corrected chi connectivity index (χ0v) is 9.20. The Kier molecular flexibility index (Phi) is 4.78. The van der Waals surface area contributed by atoms with E-state index < -0.39 is 11.6 Å². The third-order valence-electron chi connectivity index (χ3n) is 2.21. The van der Waals surface area contributed by atoms with Crippen LogP contribution in [0.2, 0.25) is 0 Å². The van der Waals surface area contributed by atoms with Crippen LogP contribution < -0.4 is 4.90 Å². The maximum atomic E-state index is 13.6. The number of carbonyl (C=O) groups is 1. The van der Waals surface area contributed by atoms with Gasteiger partial charge < -0.3 is 10.0 Å². The Morgan fingerprint density at radius 1 is 1.35 bits per heavy atom. The molecule has 92 valence electrons. The molecule has 0 unspecified atom stereocenters. The molecule has 3 nitrogen and oxygen atoms in total. The van der Waals surface area contributed by atoms with Crippen LogP contribution in [0.4, 0.5) is 14.5 Å².